The number of nitrogens with zero attached hydrogens (tertiary/aromatic N) is 1. The van der Waals surface area contributed by atoms with Crippen molar-refractivity contribution in [2.45, 2.75) is 5.75 Å². The maximum absolute atomic E-state index is 11.2. The molecule has 3 rings (SSSR count). The summed E-state index contributed by atoms with van der Waals surface area (Å²) < 4.78 is 0. The summed E-state index contributed by atoms with van der Waals surface area (Å²) in [7, 11) is 0. The van der Waals surface area contributed by atoms with E-state index < -0.39 is 0 Å². The molecule has 4 nitrogen and oxygen atoms in total. The van der Waals surface area contributed by atoms with Crippen molar-refractivity contribution in [3.63, 3.8) is 0 Å². The second-order valence-electron chi connectivity index (χ2n) is 3.64. The molecule has 2 N–H and O–H groups in total. The van der Waals surface area contributed by atoms with Crippen LogP contribution in [0.2, 0.25) is 0 Å². The number of fused-ring (bicyclic) bond motifs is 1. The lowest BCUT2D eigenvalue weighted by Gasteiger charge is -1.95. The molecule has 17 heavy (non-hydrogen) atoms. The number of aromatic amines is 2. The summed E-state index contributed by atoms with van der Waals surface area (Å²) in [5.74, 6) is 0.639. The monoisotopic (exact) mass is 263 g/mol. The molecule has 1 aromatic carbocycles. The summed E-state index contributed by atoms with van der Waals surface area (Å²) in [6, 6.07) is 5.76. The van der Waals surface area contributed by atoms with E-state index in [1.54, 1.807) is 11.3 Å². The van der Waals surface area contributed by atoms with Gasteiger partial charge in [-0.05, 0) is 18.2 Å². The number of H-pyrrole nitrogens is 2. The Kier molecular flexibility index (Phi) is 2.53. The van der Waals surface area contributed by atoms with Crippen molar-refractivity contribution in [3.05, 3.63) is 39.8 Å². The van der Waals surface area contributed by atoms with Crippen molar-refractivity contribution < 1.29 is 0 Å². The number of aromatic nitrogens is 3. The summed E-state index contributed by atoms with van der Waals surface area (Å²) in [6.07, 6.45) is 0. The number of benzene rings is 1. The predicted molar refractivity (Wildman–Crippen MR) is 72.7 cm³/mol. The van der Waals surface area contributed by atoms with Gasteiger partial charge in [0, 0.05) is 16.7 Å². The van der Waals surface area contributed by atoms with Gasteiger partial charge in [-0.1, -0.05) is 0 Å². The van der Waals surface area contributed by atoms with Gasteiger partial charge in [0.25, 0.3) is 0 Å². The van der Waals surface area contributed by atoms with Crippen molar-refractivity contribution in [1.82, 2.24) is 15.0 Å². The average Bonchev–Trinajstić information content (AvgIpc) is 2.92. The number of thiol groups is 1. The van der Waals surface area contributed by atoms with Gasteiger partial charge in [-0.2, -0.15) is 12.6 Å². The first-order chi connectivity index (χ1) is 8.26. The Morgan fingerprint density at radius 1 is 1.29 bits per heavy atom. The Hall–Kier alpha value is -1.53. The van der Waals surface area contributed by atoms with E-state index in [1.807, 2.05) is 23.6 Å². The fraction of sp³-hybridized carbons (Fsp3) is 0.0909. The molecule has 0 saturated heterocycles. The Labute approximate surface area is 106 Å². The van der Waals surface area contributed by atoms with Crippen LogP contribution in [0.1, 0.15) is 5.69 Å². The van der Waals surface area contributed by atoms with E-state index in [0.717, 1.165) is 27.3 Å². The van der Waals surface area contributed by atoms with E-state index in [-0.39, 0.29) is 5.69 Å². The normalized spacial score (nSPS) is 11.1. The molecule has 2 aromatic heterocycles. The molecule has 86 valence electrons. The van der Waals surface area contributed by atoms with Gasteiger partial charge in [0.2, 0.25) is 0 Å². The number of nitrogens with one attached hydrogen (secondary N) is 2. The molecule has 0 atom stereocenters. The van der Waals surface area contributed by atoms with E-state index in [9.17, 15) is 4.79 Å². The van der Waals surface area contributed by atoms with E-state index in [0.29, 0.717) is 5.75 Å². The highest BCUT2D eigenvalue weighted by atomic mass is 32.1. The van der Waals surface area contributed by atoms with Crippen LogP contribution < -0.4 is 5.69 Å². The molecule has 0 amide bonds. The maximum Gasteiger partial charge on any atom is 0.323 e. The molecule has 0 bridgehead atoms. The molecule has 0 aliphatic heterocycles. The third kappa shape index (κ3) is 1.89. The minimum absolute atomic E-state index is 0.188. The summed E-state index contributed by atoms with van der Waals surface area (Å²) in [6.45, 7) is 0. The van der Waals surface area contributed by atoms with E-state index in [4.69, 9.17) is 0 Å². The summed E-state index contributed by atoms with van der Waals surface area (Å²) in [5, 5.41) is 2.94. The highest BCUT2D eigenvalue weighted by Gasteiger charge is 2.06. The third-order valence-corrected chi connectivity index (χ3v) is 3.74. The zero-order valence-corrected chi connectivity index (χ0v) is 10.4. The summed E-state index contributed by atoms with van der Waals surface area (Å²) >= 11 is 5.77. The molecule has 0 radical (unpaired) electrons. The second kappa shape index (κ2) is 4.05. The standard InChI is InChI=1S/C11H9N3OS2/c15-11-13-8-2-1-6(3-9(8)14-11)10-12-7(4-16)5-17-10/h1-3,5,16H,4H2,(H2,13,14,15). The van der Waals surface area contributed by atoms with Crippen molar-refractivity contribution >= 4 is 35.0 Å². The van der Waals surface area contributed by atoms with Crippen LogP contribution in [0, 0.1) is 0 Å². The molecular formula is C11H9N3OS2. The Morgan fingerprint density at radius 3 is 2.88 bits per heavy atom. The zero-order chi connectivity index (χ0) is 11.8. The van der Waals surface area contributed by atoms with Gasteiger partial charge in [-0.25, -0.2) is 9.78 Å². The summed E-state index contributed by atoms with van der Waals surface area (Å²) in [4.78, 5) is 21.1. The predicted octanol–water partition coefficient (Wildman–Crippen LogP) is 2.41. The lowest BCUT2D eigenvalue weighted by molar-refractivity contribution is 1.21. The van der Waals surface area contributed by atoms with Gasteiger partial charge in [0.15, 0.2) is 0 Å². The SMILES string of the molecule is O=c1[nH]c2ccc(-c3nc(CS)cs3)cc2[nH]1. The van der Waals surface area contributed by atoms with Gasteiger partial charge < -0.3 is 9.97 Å². The smallest absolute Gasteiger partial charge is 0.306 e. The molecule has 0 saturated carbocycles. The Bertz CT molecular complexity index is 725. The molecule has 6 heteroatoms. The van der Waals surface area contributed by atoms with Crippen LogP contribution in [0.4, 0.5) is 0 Å². The van der Waals surface area contributed by atoms with Gasteiger partial charge in [-0.3, -0.25) is 0 Å². The fourth-order valence-corrected chi connectivity index (χ4v) is 2.78. The van der Waals surface area contributed by atoms with Gasteiger partial charge in [-0.15, -0.1) is 11.3 Å². The van der Waals surface area contributed by atoms with E-state index in [1.165, 1.54) is 0 Å². The molecular weight excluding hydrogens is 254 g/mol. The zero-order valence-electron chi connectivity index (χ0n) is 8.73. The fourth-order valence-electron chi connectivity index (χ4n) is 1.68. The first-order valence-electron chi connectivity index (χ1n) is 5.04. The third-order valence-electron chi connectivity index (χ3n) is 2.48. The molecule has 0 aliphatic carbocycles. The molecule has 3 aromatic rings. The van der Waals surface area contributed by atoms with Crippen LogP contribution >= 0.6 is 24.0 Å². The van der Waals surface area contributed by atoms with Gasteiger partial charge in [0.05, 0.1) is 16.7 Å². The minimum atomic E-state index is -0.188. The largest absolute Gasteiger partial charge is 0.323 e. The summed E-state index contributed by atoms with van der Waals surface area (Å²) in [5.41, 5.74) is 3.40. The van der Waals surface area contributed by atoms with Crippen molar-refractivity contribution in [2.24, 2.45) is 0 Å². The lowest BCUT2D eigenvalue weighted by Crippen LogP contribution is -1.99. The number of hydrogen-bond acceptors (Lipinski definition) is 4. The highest BCUT2D eigenvalue weighted by Crippen LogP contribution is 2.26. The van der Waals surface area contributed by atoms with E-state index in [2.05, 4.69) is 27.6 Å². The Morgan fingerprint density at radius 2 is 2.12 bits per heavy atom. The average molecular weight is 263 g/mol. The van der Waals surface area contributed by atoms with Crippen molar-refractivity contribution in [1.29, 1.82) is 0 Å². The number of hydrogen-bond donors (Lipinski definition) is 3. The molecule has 0 unspecified atom stereocenters. The van der Waals surface area contributed by atoms with E-state index >= 15 is 0 Å². The molecule has 0 fully saturated rings. The molecule has 0 spiro atoms. The van der Waals surface area contributed by atoms with Gasteiger partial charge >= 0.3 is 5.69 Å². The molecule has 2 heterocycles. The van der Waals surface area contributed by atoms with Crippen LogP contribution in [0.15, 0.2) is 28.4 Å². The van der Waals surface area contributed by atoms with Crippen LogP contribution in [0.3, 0.4) is 0 Å². The van der Waals surface area contributed by atoms with Crippen LogP contribution in [0.25, 0.3) is 21.6 Å². The molecule has 0 aliphatic rings. The number of imidazole rings is 1. The quantitative estimate of drug-likeness (QED) is 0.622. The Balaban J connectivity index is 2.13. The van der Waals surface area contributed by atoms with Gasteiger partial charge in [0.1, 0.15) is 5.01 Å². The maximum atomic E-state index is 11.2. The first kappa shape index (κ1) is 10.6. The number of thiazole rings is 1. The van der Waals surface area contributed by atoms with Crippen molar-refractivity contribution in [2.75, 3.05) is 0 Å². The van der Waals surface area contributed by atoms with Crippen LogP contribution in [0.5, 0.6) is 0 Å². The minimum Gasteiger partial charge on any atom is -0.306 e. The number of rotatable bonds is 2. The second-order valence-corrected chi connectivity index (χ2v) is 4.82. The van der Waals surface area contributed by atoms with Crippen LogP contribution in [-0.2, 0) is 5.75 Å². The topological polar surface area (TPSA) is 61.5 Å². The van der Waals surface area contributed by atoms with Crippen LogP contribution in [-0.4, -0.2) is 15.0 Å². The lowest BCUT2D eigenvalue weighted by atomic mass is 10.2. The first-order valence-corrected chi connectivity index (χ1v) is 6.55. The van der Waals surface area contributed by atoms with Crippen molar-refractivity contribution in [3.8, 4) is 10.6 Å². The highest BCUT2D eigenvalue weighted by molar-refractivity contribution is 7.79.